The van der Waals surface area contributed by atoms with Crippen molar-refractivity contribution in [3.05, 3.63) is 59.6 Å². The van der Waals surface area contributed by atoms with Crippen molar-refractivity contribution in [1.29, 1.82) is 0 Å². The average Bonchev–Trinajstić information content (AvgIpc) is 3.15. The number of hydrogen-bond acceptors (Lipinski definition) is 6. The Morgan fingerprint density at radius 2 is 2.00 bits per heavy atom. The van der Waals surface area contributed by atoms with E-state index in [0.717, 1.165) is 10.8 Å². The van der Waals surface area contributed by atoms with Crippen molar-refractivity contribution < 1.29 is 14.3 Å². The summed E-state index contributed by atoms with van der Waals surface area (Å²) in [6, 6.07) is 12.4. The maximum atomic E-state index is 12.6. The van der Waals surface area contributed by atoms with Crippen LogP contribution in [0.15, 0.2) is 54.0 Å². The van der Waals surface area contributed by atoms with E-state index in [2.05, 4.69) is 15.6 Å². The van der Waals surface area contributed by atoms with Gasteiger partial charge in [-0.05, 0) is 30.3 Å². The zero-order valence-corrected chi connectivity index (χ0v) is 14.6. The molecule has 0 bridgehead atoms. The van der Waals surface area contributed by atoms with Crippen molar-refractivity contribution >= 4 is 33.8 Å². The maximum absolute atomic E-state index is 12.6. The lowest BCUT2D eigenvalue weighted by molar-refractivity contribution is 0.102. The van der Waals surface area contributed by atoms with Crippen LogP contribution < -0.4 is 20.1 Å². The van der Waals surface area contributed by atoms with Gasteiger partial charge in [-0.3, -0.25) is 4.79 Å². The highest BCUT2D eigenvalue weighted by molar-refractivity contribution is 7.13. The first kappa shape index (κ1) is 16.8. The number of nitrogens with zero attached hydrogens (tertiary/aromatic N) is 1. The number of hydrogen-bond donors (Lipinski definition) is 2. The van der Waals surface area contributed by atoms with Gasteiger partial charge in [0.25, 0.3) is 5.91 Å². The van der Waals surface area contributed by atoms with Crippen LogP contribution in [0, 0.1) is 0 Å². The summed E-state index contributed by atoms with van der Waals surface area (Å²) in [5.74, 6) is 0.959. The number of amides is 1. The lowest BCUT2D eigenvalue weighted by Gasteiger charge is -2.12. The molecule has 6 nitrogen and oxygen atoms in total. The summed E-state index contributed by atoms with van der Waals surface area (Å²) in [6.45, 7) is 0. The van der Waals surface area contributed by atoms with Crippen LogP contribution in [0.2, 0.25) is 0 Å². The summed E-state index contributed by atoms with van der Waals surface area (Å²) in [7, 11) is 3.12. The van der Waals surface area contributed by atoms with Gasteiger partial charge < -0.3 is 20.1 Å². The molecule has 1 amide bonds. The van der Waals surface area contributed by atoms with E-state index in [1.807, 2.05) is 17.5 Å². The van der Waals surface area contributed by atoms with Crippen molar-refractivity contribution in [2.75, 3.05) is 24.9 Å². The third-order valence-electron chi connectivity index (χ3n) is 3.47. The van der Waals surface area contributed by atoms with Crippen LogP contribution in [0.4, 0.5) is 16.5 Å². The molecule has 2 N–H and O–H groups in total. The predicted molar refractivity (Wildman–Crippen MR) is 99.3 cm³/mol. The Morgan fingerprint density at radius 3 is 2.72 bits per heavy atom. The molecule has 3 aromatic rings. The number of ether oxygens (including phenoxy) is 2. The molecule has 0 saturated carbocycles. The Morgan fingerprint density at radius 1 is 1.12 bits per heavy atom. The molecule has 1 heterocycles. The first-order valence-corrected chi connectivity index (χ1v) is 8.37. The molecule has 0 aliphatic rings. The van der Waals surface area contributed by atoms with Crippen LogP contribution in [0.25, 0.3) is 0 Å². The summed E-state index contributed by atoms with van der Waals surface area (Å²) < 4.78 is 10.5. The predicted octanol–water partition coefficient (Wildman–Crippen LogP) is 4.16. The minimum Gasteiger partial charge on any atom is -0.497 e. The first-order valence-electron chi connectivity index (χ1n) is 7.49. The lowest BCUT2D eigenvalue weighted by Crippen LogP contribution is -2.12. The Kier molecular flexibility index (Phi) is 5.15. The van der Waals surface area contributed by atoms with Gasteiger partial charge in [0.15, 0.2) is 5.13 Å². The van der Waals surface area contributed by atoms with Gasteiger partial charge in [-0.15, -0.1) is 11.3 Å². The first-order chi connectivity index (χ1) is 12.2. The minimum atomic E-state index is -0.230. The number of anilines is 3. The number of thiazole rings is 1. The Hall–Kier alpha value is -3.06. The van der Waals surface area contributed by atoms with E-state index in [-0.39, 0.29) is 5.91 Å². The van der Waals surface area contributed by atoms with E-state index in [4.69, 9.17) is 9.47 Å². The fourth-order valence-corrected chi connectivity index (χ4v) is 2.79. The zero-order chi connectivity index (χ0) is 17.6. The second-order valence-electron chi connectivity index (χ2n) is 5.06. The standard InChI is InChI=1S/C18H17N3O3S/c1-23-14-6-7-15(16(11-14)24-2)21-17(22)12-4-3-5-13(10-12)20-18-19-8-9-25-18/h3-11H,1-2H3,(H,19,20)(H,21,22). The molecule has 2 aromatic carbocycles. The Balaban J connectivity index is 1.77. The molecule has 0 aliphatic carbocycles. The summed E-state index contributed by atoms with van der Waals surface area (Å²) in [4.78, 5) is 16.7. The molecule has 3 rings (SSSR count). The second kappa shape index (κ2) is 7.67. The van der Waals surface area contributed by atoms with Crippen LogP contribution in [0.5, 0.6) is 11.5 Å². The zero-order valence-electron chi connectivity index (χ0n) is 13.8. The normalized spacial score (nSPS) is 10.2. The number of nitrogens with one attached hydrogen (secondary N) is 2. The number of rotatable bonds is 6. The molecule has 0 atom stereocenters. The van der Waals surface area contributed by atoms with E-state index in [9.17, 15) is 4.79 Å². The third-order valence-corrected chi connectivity index (χ3v) is 4.15. The van der Waals surface area contributed by atoms with E-state index < -0.39 is 0 Å². The van der Waals surface area contributed by atoms with Crippen LogP contribution in [0.3, 0.4) is 0 Å². The summed E-state index contributed by atoms with van der Waals surface area (Å²) in [6.07, 6.45) is 1.72. The number of benzene rings is 2. The van der Waals surface area contributed by atoms with Gasteiger partial charge in [0.2, 0.25) is 0 Å². The molecule has 25 heavy (non-hydrogen) atoms. The molecule has 0 saturated heterocycles. The molecular weight excluding hydrogens is 338 g/mol. The Bertz CT molecular complexity index is 866. The largest absolute Gasteiger partial charge is 0.497 e. The van der Waals surface area contributed by atoms with Gasteiger partial charge in [-0.2, -0.15) is 0 Å². The van der Waals surface area contributed by atoms with Crippen molar-refractivity contribution in [2.45, 2.75) is 0 Å². The van der Waals surface area contributed by atoms with Crippen molar-refractivity contribution in [3.63, 3.8) is 0 Å². The molecule has 7 heteroatoms. The fourth-order valence-electron chi connectivity index (χ4n) is 2.24. The van der Waals surface area contributed by atoms with Crippen LogP contribution in [-0.2, 0) is 0 Å². The monoisotopic (exact) mass is 355 g/mol. The van der Waals surface area contributed by atoms with Gasteiger partial charge in [-0.1, -0.05) is 6.07 Å². The molecule has 128 valence electrons. The number of carbonyl (C=O) groups excluding carboxylic acids is 1. The molecule has 0 radical (unpaired) electrons. The quantitative estimate of drug-likeness (QED) is 0.695. The van der Waals surface area contributed by atoms with Crippen LogP contribution in [0.1, 0.15) is 10.4 Å². The van der Waals surface area contributed by atoms with Gasteiger partial charge in [0.1, 0.15) is 11.5 Å². The molecule has 1 aromatic heterocycles. The van der Waals surface area contributed by atoms with Crippen molar-refractivity contribution in [2.24, 2.45) is 0 Å². The lowest BCUT2D eigenvalue weighted by atomic mass is 10.1. The van der Waals surface area contributed by atoms with E-state index in [0.29, 0.717) is 22.7 Å². The van der Waals surface area contributed by atoms with Gasteiger partial charge in [0, 0.05) is 28.9 Å². The summed E-state index contributed by atoms with van der Waals surface area (Å²) >= 11 is 1.49. The van der Waals surface area contributed by atoms with E-state index in [1.54, 1.807) is 50.7 Å². The van der Waals surface area contributed by atoms with Crippen molar-refractivity contribution in [3.8, 4) is 11.5 Å². The van der Waals surface area contributed by atoms with Crippen molar-refractivity contribution in [1.82, 2.24) is 4.98 Å². The molecule has 0 spiro atoms. The molecule has 0 aliphatic heterocycles. The Labute approximate surface area is 149 Å². The maximum Gasteiger partial charge on any atom is 0.255 e. The number of methoxy groups -OCH3 is 2. The minimum absolute atomic E-state index is 0.230. The van der Waals surface area contributed by atoms with Gasteiger partial charge in [0.05, 0.1) is 19.9 Å². The highest BCUT2D eigenvalue weighted by atomic mass is 32.1. The summed E-state index contributed by atoms with van der Waals surface area (Å²) in [5.41, 5.74) is 1.90. The number of carbonyl (C=O) groups is 1. The fraction of sp³-hybridized carbons (Fsp3) is 0.111. The average molecular weight is 355 g/mol. The SMILES string of the molecule is COc1ccc(NC(=O)c2cccc(Nc3nccs3)c2)c(OC)c1. The molecule has 0 fully saturated rings. The highest BCUT2D eigenvalue weighted by Crippen LogP contribution is 2.29. The third kappa shape index (κ3) is 4.07. The van der Waals surface area contributed by atoms with Crippen LogP contribution in [-0.4, -0.2) is 25.1 Å². The van der Waals surface area contributed by atoms with E-state index in [1.165, 1.54) is 11.3 Å². The molecular formula is C18H17N3O3S. The van der Waals surface area contributed by atoms with E-state index >= 15 is 0 Å². The smallest absolute Gasteiger partial charge is 0.255 e. The van der Waals surface area contributed by atoms with Crippen LogP contribution >= 0.6 is 11.3 Å². The summed E-state index contributed by atoms with van der Waals surface area (Å²) in [5, 5.41) is 8.68. The topological polar surface area (TPSA) is 72.5 Å². The van der Waals surface area contributed by atoms with Gasteiger partial charge in [-0.25, -0.2) is 4.98 Å². The second-order valence-corrected chi connectivity index (χ2v) is 5.96. The highest BCUT2D eigenvalue weighted by Gasteiger charge is 2.11. The van der Waals surface area contributed by atoms with Gasteiger partial charge >= 0.3 is 0 Å². The number of aromatic nitrogens is 1. The molecule has 0 unspecified atom stereocenters.